The van der Waals surface area contributed by atoms with E-state index in [1.165, 1.54) is 24.8 Å². The van der Waals surface area contributed by atoms with Crippen molar-refractivity contribution < 1.29 is 0 Å². The monoisotopic (exact) mass is 413 g/mol. The zero-order valence-corrected chi connectivity index (χ0v) is 16.0. The number of aromatic nitrogens is 2. The Bertz CT molecular complexity index is 956. The molecule has 126 valence electrons. The van der Waals surface area contributed by atoms with Crippen molar-refractivity contribution in [1.29, 1.82) is 0 Å². The van der Waals surface area contributed by atoms with Crippen LogP contribution in [0.3, 0.4) is 0 Å². The smallest absolute Gasteiger partial charge is 0.129 e. The average molecular weight is 415 g/mol. The lowest BCUT2D eigenvalue weighted by Crippen LogP contribution is -2.62. The summed E-state index contributed by atoms with van der Waals surface area (Å²) in [6.45, 7) is 1.08. The fourth-order valence-corrected chi connectivity index (χ4v) is 5.27. The van der Waals surface area contributed by atoms with Gasteiger partial charge in [-0.25, -0.2) is 4.98 Å². The number of anilines is 1. The second kappa shape index (κ2) is 5.68. The highest BCUT2D eigenvalue weighted by Gasteiger charge is 2.56. The molecule has 2 aromatic heterocycles. The molecule has 5 rings (SSSR count). The summed E-state index contributed by atoms with van der Waals surface area (Å²) in [5.74, 6) is 1.01. The molecule has 2 aliphatic rings. The van der Waals surface area contributed by atoms with E-state index < -0.39 is 0 Å². The molecule has 0 amide bonds. The van der Waals surface area contributed by atoms with Gasteiger partial charge in [0.05, 0.1) is 16.6 Å². The van der Waals surface area contributed by atoms with E-state index in [0.29, 0.717) is 16.5 Å². The molecule has 0 bridgehead atoms. The van der Waals surface area contributed by atoms with Gasteiger partial charge in [0.15, 0.2) is 0 Å². The first-order valence-electron chi connectivity index (χ1n) is 8.59. The first-order chi connectivity index (χ1) is 12.2. The molecule has 25 heavy (non-hydrogen) atoms. The van der Waals surface area contributed by atoms with Gasteiger partial charge in [-0.05, 0) is 54.8 Å². The van der Waals surface area contributed by atoms with Crippen molar-refractivity contribution in [1.82, 2.24) is 9.97 Å². The number of pyridine rings is 2. The van der Waals surface area contributed by atoms with Crippen LogP contribution in [0.4, 0.5) is 5.82 Å². The molecule has 1 atom stereocenters. The lowest BCUT2D eigenvalue weighted by molar-refractivity contribution is 0.0277. The molecule has 1 aromatic carbocycles. The summed E-state index contributed by atoms with van der Waals surface area (Å²) in [4.78, 5) is 11.5. The number of halogens is 2. The Balaban J connectivity index is 1.57. The normalized spacial score (nSPS) is 21.2. The number of nitrogens with zero attached hydrogens (tertiary/aromatic N) is 3. The standard InChI is InChI=1S/C20H17BrClN3/c21-15-10-14-2-3-17(24-18(14)16(22)11-15)25-12-20(6-1-7-20)19(25)13-4-8-23-9-5-13/h2-5,8-11,19H,1,6-7,12H2. The van der Waals surface area contributed by atoms with Crippen molar-refractivity contribution in [3.05, 3.63) is 63.9 Å². The molecule has 1 aliphatic heterocycles. The van der Waals surface area contributed by atoms with Gasteiger partial charge < -0.3 is 4.90 Å². The molecule has 0 N–H and O–H groups in total. The van der Waals surface area contributed by atoms with E-state index in [1.807, 2.05) is 18.5 Å². The number of fused-ring (bicyclic) bond motifs is 1. The summed E-state index contributed by atoms with van der Waals surface area (Å²) in [7, 11) is 0. The Labute approximate surface area is 160 Å². The maximum atomic E-state index is 6.43. The minimum atomic E-state index is 0.392. The number of rotatable bonds is 2. The molecule has 1 aliphatic carbocycles. The van der Waals surface area contributed by atoms with Crippen molar-refractivity contribution in [2.75, 3.05) is 11.4 Å². The summed E-state index contributed by atoms with van der Waals surface area (Å²) < 4.78 is 0.978. The van der Waals surface area contributed by atoms with Gasteiger partial charge in [0.1, 0.15) is 5.82 Å². The van der Waals surface area contributed by atoms with Gasteiger partial charge in [0.25, 0.3) is 0 Å². The van der Waals surface area contributed by atoms with E-state index in [-0.39, 0.29) is 0 Å². The van der Waals surface area contributed by atoms with Crippen molar-refractivity contribution in [3.63, 3.8) is 0 Å². The number of hydrogen-bond acceptors (Lipinski definition) is 3. The van der Waals surface area contributed by atoms with E-state index in [1.54, 1.807) is 0 Å². The second-order valence-corrected chi connectivity index (χ2v) is 8.48. The summed E-state index contributed by atoms with van der Waals surface area (Å²) in [5.41, 5.74) is 2.62. The molecule has 1 spiro atoms. The van der Waals surface area contributed by atoms with Crippen molar-refractivity contribution in [3.8, 4) is 0 Å². The predicted octanol–water partition coefficient (Wildman–Crippen LogP) is 5.78. The average Bonchev–Trinajstić information content (AvgIpc) is 2.54. The van der Waals surface area contributed by atoms with Crippen molar-refractivity contribution in [2.45, 2.75) is 25.3 Å². The molecule has 1 saturated carbocycles. The fraction of sp³-hybridized carbons (Fsp3) is 0.300. The van der Waals surface area contributed by atoms with Crippen LogP contribution in [0.2, 0.25) is 5.02 Å². The summed E-state index contributed by atoms with van der Waals surface area (Å²) >= 11 is 9.93. The maximum absolute atomic E-state index is 6.43. The Morgan fingerprint density at radius 3 is 2.64 bits per heavy atom. The summed E-state index contributed by atoms with van der Waals surface area (Å²) in [5, 5.41) is 1.74. The predicted molar refractivity (Wildman–Crippen MR) is 105 cm³/mol. The van der Waals surface area contributed by atoms with Crippen LogP contribution in [-0.4, -0.2) is 16.5 Å². The van der Waals surface area contributed by atoms with E-state index in [4.69, 9.17) is 16.6 Å². The second-order valence-electron chi connectivity index (χ2n) is 7.16. The van der Waals surface area contributed by atoms with Gasteiger partial charge in [-0.1, -0.05) is 34.0 Å². The minimum absolute atomic E-state index is 0.392. The molecule has 0 radical (unpaired) electrons. The van der Waals surface area contributed by atoms with Crippen LogP contribution in [0, 0.1) is 5.41 Å². The first-order valence-corrected chi connectivity index (χ1v) is 9.76. The molecule has 1 saturated heterocycles. The third-order valence-electron chi connectivity index (χ3n) is 5.74. The zero-order chi connectivity index (χ0) is 17.0. The fourth-order valence-electron chi connectivity index (χ4n) is 4.40. The quantitative estimate of drug-likeness (QED) is 0.532. The van der Waals surface area contributed by atoms with Crippen molar-refractivity contribution in [2.24, 2.45) is 5.41 Å². The SMILES string of the molecule is Clc1cc(Br)cc2ccc(N3CC4(CCC4)C3c3ccncc3)nc12. The van der Waals surface area contributed by atoms with Crippen molar-refractivity contribution >= 4 is 44.3 Å². The highest BCUT2D eigenvalue weighted by molar-refractivity contribution is 9.10. The molecule has 3 aromatic rings. The van der Waals surface area contributed by atoms with E-state index >= 15 is 0 Å². The van der Waals surface area contributed by atoms with Crippen LogP contribution in [-0.2, 0) is 0 Å². The number of hydrogen-bond donors (Lipinski definition) is 0. The Morgan fingerprint density at radius 1 is 1.12 bits per heavy atom. The molecular formula is C20H17BrClN3. The third-order valence-corrected chi connectivity index (χ3v) is 6.48. The van der Waals surface area contributed by atoms with Gasteiger partial charge in [0.2, 0.25) is 0 Å². The lowest BCUT2D eigenvalue weighted by atomic mass is 9.56. The van der Waals surface area contributed by atoms with Gasteiger partial charge >= 0.3 is 0 Å². The van der Waals surface area contributed by atoms with Crippen LogP contribution in [0.5, 0.6) is 0 Å². The Hall–Kier alpha value is -1.65. The molecule has 2 fully saturated rings. The summed E-state index contributed by atoms with van der Waals surface area (Å²) in [6.07, 6.45) is 7.72. The van der Waals surface area contributed by atoms with Gasteiger partial charge in [0, 0.05) is 34.2 Å². The summed E-state index contributed by atoms with van der Waals surface area (Å²) in [6, 6.07) is 12.9. The maximum Gasteiger partial charge on any atom is 0.129 e. The molecule has 3 heterocycles. The van der Waals surface area contributed by atoms with E-state index in [9.17, 15) is 0 Å². The highest BCUT2D eigenvalue weighted by atomic mass is 79.9. The third kappa shape index (κ3) is 2.38. The van der Waals surface area contributed by atoms with Crippen LogP contribution in [0.1, 0.15) is 30.9 Å². The van der Waals surface area contributed by atoms with Gasteiger partial charge in [-0.3, -0.25) is 4.98 Å². The molecular weight excluding hydrogens is 398 g/mol. The van der Waals surface area contributed by atoms with E-state index in [0.717, 1.165) is 27.7 Å². The highest BCUT2D eigenvalue weighted by Crippen LogP contribution is 2.61. The largest absolute Gasteiger partial charge is 0.348 e. The zero-order valence-electron chi connectivity index (χ0n) is 13.6. The Kier molecular flexibility index (Phi) is 3.54. The van der Waals surface area contributed by atoms with Crippen LogP contribution < -0.4 is 4.90 Å². The lowest BCUT2D eigenvalue weighted by Gasteiger charge is -2.63. The molecule has 3 nitrogen and oxygen atoms in total. The van der Waals surface area contributed by atoms with Gasteiger partial charge in [-0.2, -0.15) is 0 Å². The van der Waals surface area contributed by atoms with Gasteiger partial charge in [-0.15, -0.1) is 0 Å². The van der Waals surface area contributed by atoms with Crippen LogP contribution in [0.15, 0.2) is 53.3 Å². The number of benzene rings is 1. The topological polar surface area (TPSA) is 29.0 Å². The molecule has 5 heteroatoms. The van der Waals surface area contributed by atoms with E-state index in [2.05, 4.69) is 56.1 Å². The minimum Gasteiger partial charge on any atom is -0.348 e. The van der Waals surface area contributed by atoms with Crippen LogP contribution >= 0.6 is 27.5 Å². The van der Waals surface area contributed by atoms with Crippen LogP contribution in [0.25, 0.3) is 10.9 Å². The first kappa shape index (κ1) is 15.6. The Morgan fingerprint density at radius 2 is 1.92 bits per heavy atom. The molecule has 1 unspecified atom stereocenters.